The molecule has 0 aromatic heterocycles. The summed E-state index contributed by atoms with van der Waals surface area (Å²) in [6, 6.07) is 20.5. The highest BCUT2D eigenvalue weighted by atomic mass is 13.8. The lowest BCUT2D eigenvalue weighted by molar-refractivity contribution is 1.48. The first kappa shape index (κ1) is 18.7. The summed E-state index contributed by atoms with van der Waals surface area (Å²) in [5, 5.41) is 0. The molecule has 0 heteroatoms. The molecule has 0 amide bonds. The second-order valence-corrected chi connectivity index (χ2v) is 4.66. The van der Waals surface area contributed by atoms with Crippen molar-refractivity contribution >= 4 is 0 Å². The van der Waals surface area contributed by atoms with E-state index in [0.29, 0.717) is 0 Å². The van der Waals surface area contributed by atoms with Gasteiger partial charge in [-0.05, 0) is 20.8 Å². The van der Waals surface area contributed by atoms with E-state index in [4.69, 9.17) is 0 Å². The molecule has 2 aromatic rings. The number of aryl methyl sites for hydroxylation is 2. The average molecular weight is 278 g/mol. The topological polar surface area (TPSA) is 0 Å². The first-order valence-corrected chi connectivity index (χ1v) is 7.05. The van der Waals surface area contributed by atoms with Gasteiger partial charge in [0.05, 0.1) is 0 Å². The van der Waals surface area contributed by atoms with Crippen LogP contribution in [-0.4, -0.2) is 0 Å². The lowest BCUT2D eigenvalue weighted by Gasteiger charge is -1.82. The third-order valence-electron chi connectivity index (χ3n) is 2.58. The quantitative estimate of drug-likeness (QED) is 0.566. The number of benzene rings is 2. The summed E-state index contributed by atoms with van der Waals surface area (Å²) in [7, 11) is 0. The number of allylic oxidation sites excluding steroid dienone is 4. The van der Waals surface area contributed by atoms with Gasteiger partial charge < -0.3 is 0 Å². The maximum absolute atomic E-state index is 3.56. The molecule has 0 aliphatic carbocycles. The molecule has 2 rings (SSSR count). The molecule has 0 saturated carbocycles. The van der Waals surface area contributed by atoms with E-state index in [1.54, 1.807) is 12.2 Å². The van der Waals surface area contributed by atoms with Crippen LogP contribution in [0.5, 0.6) is 0 Å². The first-order valence-electron chi connectivity index (χ1n) is 7.05. The fraction of sp³-hybridized carbons (Fsp3) is 0.143. The van der Waals surface area contributed by atoms with Gasteiger partial charge in [-0.2, -0.15) is 0 Å². The van der Waals surface area contributed by atoms with Crippen molar-refractivity contribution in [2.75, 3.05) is 0 Å². The van der Waals surface area contributed by atoms with Gasteiger partial charge in [0.15, 0.2) is 0 Å². The van der Waals surface area contributed by atoms with Crippen molar-refractivity contribution in [3.8, 4) is 0 Å². The molecule has 0 aliphatic rings. The normalized spacial score (nSPS) is 9.38. The Balaban J connectivity index is 0.000000286. The first-order chi connectivity index (χ1) is 10.1. The standard InChI is InChI=1S/2C7H8.C7H10/c2*1-7-5-3-2-4-6-7;1-4-6-7(3)5-2/h2*2-6H,1H3;4-6H,1-2H2,3H3/b;;7-6-. The van der Waals surface area contributed by atoms with Gasteiger partial charge in [0, 0.05) is 0 Å². The van der Waals surface area contributed by atoms with Crippen LogP contribution in [-0.2, 0) is 0 Å². The van der Waals surface area contributed by atoms with Crippen LogP contribution in [0.1, 0.15) is 18.1 Å². The second kappa shape index (κ2) is 12.7. The molecule has 21 heavy (non-hydrogen) atoms. The van der Waals surface area contributed by atoms with Crippen LogP contribution in [0.2, 0.25) is 0 Å². The van der Waals surface area contributed by atoms with Crippen LogP contribution in [0.15, 0.2) is 97.6 Å². The molecule has 0 unspecified atom stereocenters. The van der Waals surface area contributed by atoms with Crippen molar-refractivity contribution in [1.29, 1.82) is 0 Å². The molecule has 0 aliphatic heterocycles. The van der Waals surface area contributed by atoms with Crippen LogP contribution in [0, 0.1) is 13.8 Å². The summed E-state index contributed by atoms with van der Waals surface area (Å²) in [6.07, 6.45) is 5.45. The fourth-order valence-electron chi connectivity index (χ4n) is 1.32. The lowest BCUT2D eigenvalue weighted by atomic mass is 10.2. The zero-order valence-electron chi connectivity index (χ0n) is 13.4. The van der Waals surface area contributed by atoms with E-state index in [2.05, 4.69) is 51.3 Å². The minimum atomic E-state index is 1.15. The molecule has 0 bridgehead atoms. The molecule has 0 spiro atoms. The number of hydrogen-bond donors (Lipinski definition) is 0. The molecule has 0 atom stereocenters. The van der Waals surface area contributed by atoms with Crippen molar-refractivity contribution in [1.82, 2.24) is 0 Å². The van der Waals surface area contributed by atoms with Gasteiger partial charge >= 0.3 is 0 Å². The van der Waals surface area contributed by atoms with E-state index in [9.17, 15) is 0 Å². The Morgan fingerprint density at radius 2 is 1.14 bits per heavy atom. The Bertz CT molecular complexity index is 481. The highest BCUT2D eigenvalue weighted by Gasteiger charge is 1.72. The lowest BCUT2D eigenvalue weighted by Crippen LogP contribution is -1.62. The monoisotopic (exact) mass is 278 g/mol. The summed E-state index contributed by atoms with van der Waals surface area (Å²) in [5.41, 5.74) is 3.79. The Morgan fingerprint density at radius 1 is 0.762 bits per heavy atom. The third kappa shape index (κ3) is 12.4. The van der Waals surface area contributed by atoms with Gasteiger partial charge in [0.2, 0.25) is 0 Å². The highest BCUT2D eigenvalue weighted by Crippen LogP contribution is 1.93. The summed E-state index contributed by atoms with van der Waals surface area (Å²) < 4.78 is 0. The van der Waals surface area contributed by atoms with Crippen LogP contribution in [0.3, 0.4) is 0 Å². The van der Waals surface area contributed by atoms with Gasteiger partial charge in [-0.3, -0.25) is 0 Å². The van der Waals surface area contributed by atoms with Gasteiger partial charge in [-0.25, -0.2) is 0 Å². The summed E-state index contributed by atoms with van der Waals surface area (Å²) >= 11 is 0. The van der Waals surface area contributed by atoms with E-state index in [1.165, 1.54) is 11.1 Å². The van der Waals surface area contributed by atoms with Crippen LogP contribution in [0.4, 0.5) is 0 Å². The Hall–Kier alpha value is -2.34. The van der Waals surface area contributed by atoms with Crippen molar-refractivity contribution < 1.29 is 0 Å². The van der Waals surface area contributed by atoms with E-state index in [-0.39, 0.29) is 0 Å². The predicted molar refractivity (Wildman–Crippen MR) is 96.5 cm³/mol. The average Bonchev–Trinajstić information content (AvgIpc) is 2.50. The molecule has 0 N–H and O–H groups in total. The van der Waals surface area contributed by atoms with Gasteiger partial charge in [0.25, 0.3) is 0 Å². The maximum atomic E-state index is 3.56. The van der Waals surface area contributed by atoms with E-state index in [0.717, 1.165) is 5.57 Å². The minimum absolute atomic E-state index is 1.15. The van der Waals surface area contributed by atoms with Crippen molar-refractivity contribution in [2.24, 2.45) is 0 Å². The van der Waals surface area contributed by atoms with Crippen molar-refractivity contribution in [3.63, 3.8) is 0 Å². The number of hydrogen-bond acceptors (Lipinski definition) is 0. The fourth-order valence-corrected chi connectivity index (χ4v) is 1.32. The molecule has 2 aromatic carbocycles. The minimum Gasteiger partial charge on any atom is -0.0991 e. The largest absolute Gasteiger partial charge is 0.0991 e. The predicted octanol–water partition coefficient (Wildman–Crippen LogP) is 6.29. The van der Waals surface area contributed by atoms with E-state index in [1.807, 2.05) is 49.4 Å². The van der Waals surface area contributed by atoms with Crippen molar-refractivity contribution in [2.45, 2.75) is 20.8 Å². The van der Waals surface area contributed by atoms with Gasteiger partial charge in [-0.1, -0.05) is 109 Å². The zero-order valence-corrected chi connectivity index (χ0v) is 13.4. The Kier molecular flexibility index (Phi) is 11.3. The SMILES string of the molecule is C=C/C=C(/C)C=C.Cc1ccccc1.Cc1ccccc1. The molecule has 110 valence electrons. The van der Waals surface area contributed by atoms with E-state index >= 15 is 0 Å². The molecule has 0 heterocycles. The molecule has 0 fully saturated rings. The van der Waals surface area contributed by atoms with Crippen LogP contribution < -0.4 is 0 Å². The highest BCUT2D eigenvalue weighted by molar-refractivity contribution is 5.17. The summed E-state index contributed by atoms with van der Waals surface area (Å²) in [5.74, 6) is 0. The molecule has 0 radical (unpaired) electrons. The molecular formula is C21H26. The smallest absolute Gasteiger partial charge is 0.0398 e. The van der Waals surface area contributed by atoms with Crippen LogP contribution in [0.25, 0.3) is 0 Å². The maximum Gasteiger partial charge on any atom is -0.0398 e. The zero-order chi connectivity index (χ0) is 15.9. The van der Waals surface area contributed by atoms with Gasteiger partial charge in [-0.15, -0.1) is 0 Å². The second-order valence-electron chi connectivity index (χ2n) is 4.66. The van der Waals surface area contributed by atoms with Crippen molar-refractivity contribution in [3.05, 3.63) is 109 Å². The van der Waals surface area contributed by atoms with Crippen LogP contribution >= 0.6 is 0 Å². The van der Waals surface area contributed by atoms with Gasteiger partial charge in [0.1, 0.15) is 0 Å². The molecule has 0 nitrogen and oxygen atoms in total. The third-order valence-corrected chi connectivity index (χ3v) is 2.58. The molecular weight excluding hydrogens is 252 g/mol. The van der Waals surface area contributed by atoms with E-state index < -0.39 is 0 Å². The molecule has 0 saturated heterocycles. The Labute approximate surface area is 130 Å². The summed E-state index contributed by atoms with van der Waals surface area (Å²) in [6.45, 7) is 13.2. The Morgan fingerprint density at radius 3 is 1.29 bits per heavy atom. The summed E-state index contributed by atoms with van der Waals surface area (Å²) in [4.78, 5) is 0. The number of rotatable bonds is 2.